The number of rotatable bonds is 5. The first-order valence-corrected chi connectivity index (χ1v) is 11.9. The van der Waals surface area contributed by atoms with Gasteiger partial charge in [-0.1, -0.05) is 24.3 Å². The largest absolute Gasteiger partial charge is 0.465 e. The first kappa shape index (κ1) is 24.8. The van der Waals surface area contributed by atoms with Gasteiger partial charge in [-0.25, -0.2) is 9.78 Å². The van der Waals surface area contributed by atoms with E-state index in [0.29, 0.717) is 35.8 Å². The van der Waals surface area contributed by atoms with Gasteiger partial charge in [0.15, 0.2) is 0 Å². The number of anilines is 1. The standard InChI is InChI=1S/C28H26F3N3O3/c1-16-21(5-4-6-23(16)28(29,30)31)17(2)32-26-22-13-19(18-9-11-37-12-10-18)7-8-24(22)34-15-20(27(35)36-3)14-25(34)33-26/h4-9,13-15,17H,10-12H2,1-3H3,(H,32,33). The smallest absolute Gasteiger partial charge is 0.416 e. The lowest BCUT2D eigenvalue weighted by Crippen LogP contribution is -2.14. The predicted octanol–water partition coefficient (Wildman–Crippen LogP) is 6.58. The van der Waals surface area contributed by atoms with E-state index < -0.39 is 23.8 Å². The molecule has 3 heterocycles. The molecule has 2 aromatic heterocycles. The molecule has 0 saturated heterocycles. The number of alkyl halides is 3. The summed E-state index contributed by atoms with van der Waals surface area (Å²) in [5.74, 6) is 0.0286. The van der Waals surface area contributed by atoms with Crippen LogP contribution < -0.4 is 5.32 Å². The Morgan fingerprint density at radius 1 is 1.22 bits per heavy atom. The van der Waals surface area contributed by atoms with Crippen LogP contribution in [0.15, 0.2) is 54.7 Å². The quantitative estimate of drug-likeness (QED) is 0.308. The van der Waals surface area contributed by atoms with Crippen molar-refractivity contribution in [3.05, 3.63) is 82.6 Å². The van der Waals surface area contributed by atoms with E-state index in [9.17, 15) is 18.0 Å². The summed E-state index contributed by atoms with van der Waals surface area (Å²) < 4.78 is 52.7. The van der Waals surface area contributed by atoms with Gasteiger partial charge in [-0.2, -0.15) is 13.2 Å². The number of fused-ring (bicyclic) bond motifs is 3. The summed E-state index contributed by atoms with van der Waals surface area (Å²) in [5.41, 5.74) is 3.88. The molecule has 2 aromatic carbocycles. The summed E-state index contributed by atoms with van der Waals surface area (Å²) in [6.45, 7) is 4.47. The molecule has 192 valence electrons. The molecular formula is C28H26F3N3O3. The number of benzene rings is 2. The van der Waals surface area contributed by atoms with Gasteiger partial charge in [0.1, 0.15) is 11.5 Å². The zero-order chi connectivity index (χ0) is 26.3. The van der Waals surface area contributed by atoms with Crippen molar-refractivity contribution >= 4 is 33.9 Å². The highest BCUT2D eigenvalue weighted by Gasteiger charge is 2.33. The van der Waals surface area contributed by atoms with E-state index in [1.165, 1.54) is 20.1 Å². The number of nitrogens with one attached hydrogen (secondary N) is 1. The van der Waals surface area contributed by atoms with Crippen molar-refractivity contribution in [1.82, 2.24) is 9.38 Å². The number of methoxy groups -OCH3 is 1. The maximum atomic E-state index is 13.5. The minimum atomic E-state index is -4.44. The number of nitrogens with zero attached hydrogens (tertiary/aromatic N) is 2. The molecule has 0 aliphatic carbocycles. The predicted molar refractivity (Wildman–Crippen MR) is 136 cm³/mol. The third-order valence-corrected chi connectivity index (χ3v) is 6.79. The molecule has 1 atom stereocenters. The van der Waals surface area contributed by atoms with Crippen LogP contribution in [0.2, 0.25) is 0 Å². The number of carbonyl (C=O) groups is 1. The fourth-order valence-electron chi connectivity index (χ4n) is 4.88. The highest BCUT2D eigenvalue weighted by Crippen LogP contribution is 2.36. The number of ether oxygens (including phenoxy) is 2. The molecule has 0 spiro atoms. The topological polar surface area (TPSA) is 64.9 Å². The van der Waals surface area contributed by atoms with Crippen LogP contribution in [0.5, 0.6) is 0 Å². The summed E-state index contributed by atoms with van der Waals surface area (Å²) in [7, 11) is 1.32. The average molecular weight is 510 g/mol. The molecule has 1 aliphatic heterocycles. The summed E-state index contributed by atoms with van der Waals surface area (Å²) in [6.07, 6.45) is 0.0589. The minimum Gasteiger partial charge on any atom is -0.465 e. The Morgan fingerprint density at radius 3 is 2.73 bits per heavy atom. The molecule has 1 N–H and O–H groups in total. The molecule has 9 heteroatoms. The van der Waals surface area contributed by atoms with Crippen molar-refractivity contribution < 1.29 is 27.4 Å². The van der Waals surface area contributed by atoms with Gasteiger partial charge in [-0.3, -0.25) is 0 Å². The molecule has 1 unspecified atom stereocenters. The van der Waals surface area contributed by atoms with E-state index >= 15 is 0 Å². The number of esters is 1. The third-order valence-electron chi connectivity index (χ3n) is 6.79. The van der Waals surface area contributed by atoms with E-state index in [0.717, 1.165) is 34.5 Å². The van der Waals surface area contributed by atoms with Gasteiger partial charge in [0.25, 0.3) is 0 Å². The van der Waals surface area contributed by atoms with Crippen LogP contribution >= 0.6 is 0 Å². The van der Waals surface area contributed by atoms with Crippen LogP contribution in [0.25, 0.3) is 22.1 Å². The molecule has 0 fully saturated rings. The van der Waals surface area contributed by atoms with Gasteiger partial charge in [-0.15, -0.1) is 0 Å². The molecule has 0 amide bonds. The van der Waals surface area contributed by atoms with E-state index in [1.807, 2.05) is 35.6 Å². The Balaban J connectivity index is 1.65. The third kappa shape index (κ3) is 4.67. The first-order chi connectivity index (χ1) is 17.7. The van der Waals surface area contributed by atoms with Crippen molar-refractivity contribution in [2.45, 2.75) is 32.5 Å². The van der Waals surface area contributed by atoms with Crippen molar-refractivity contribution in [2.75, 3.05) is 25.6 Å². The fraction of sp³-hybridized carbons (Fsp3) is 0.286. The second kappa shape index (κ2) is 9.55. The lowest BCUT2D eigenvalue weighted by atomic mass is 9.97. The van der Waals surface area contributed by atoms with Gasteiger partial charge >= 0.3 is 12.1 Å². The maximum Gasteiger partial charge on any atom is 0.416 e. The Labute approximate surface area is 211 Å². The normalized spacial score (nSPS) is 15.0. The lowest BCUT2D eigenvalue weighted by molar-refractivity contribution is -0.138. The molecule has 4 aromatic rings. The number of hydrogen-bond acceptors (Lipinski definition) is 5. The van der Waals surface area contributed by atoms with Crippen LogP contribution in [0.1, 0.15) is 52.0 Å². The van der Waals surface area contributed by atoms with Gasteiger partial charge in [0.05, 0.1) is 43.0 Å². The average Bonchev–Trinajstić information content (AvgIpc) is 3.32. The van der Waals surface area contributed by atoms with Crippen LogP contribution in [-0.4, -0.2) is 35.7 Å². The van der Waals surface area contributed by atoms with Crippen LogP contribution in [0.3, 0.4) is 0 Å². The molecule has 37 heavy (non-hydrogen) atoms. The van der Waals surface area contributed by atoms with Crippen molar-refractivity contribution in [3.8, 4) is 0 Å². The molecule has 0 saturated carbocycles. The number of carbonyl (C=O) groups excluding carboxylic acids is 1. The molecule has 5 rings (SSSR count). The van der Waals surface area contributed by atoms with Gasteiger partial charge in [0, 0.05) is 11.6 Å². The SMILES string of the molecule is COC(=O)c1cc2nc(NC(C)c3cccc(C(F)(F)F)c3C)c3cc(C4=CCOCC4)ccc3n2c1. The Bertz CT molecular complexity index is 1540. The van der Waals surface area contributed by atoms with Crippen molar-refractivity contribution in [2.24, 2.45) is 0 Å². The van der Waals surface area contributed by atoms with Crippen LogP contribution in [0.4, 0.5) is 19.0 Å². The Hall–Kier alpha value is -3.85. The maximum absolute atomic E-state index is 13.5. The molecule has 0 bridgehead atoms. The molecule has 0 radical (unpaired) electrons. The van der Waals surface area contributed by atoms with Gasteiger partial charge < -0.3 is 19.2 Å². The van der Waals surface area contributed by atoms with E-state index in [1.54, 1.807) is 18.3 Å². The molecule has 1 aliphatic rings. The highest BCUT2D eigenvalue weighted by molar-refractivity contribution is 5.97. The Kier molecular flexibility index (Phi) is 6.41. The summed E-state index contributed by atoms with van der Waals surface area (Å²) in [6, 6.07) is 11.4. The number of aromatic nitrogens is 2. The molecular weight excluding hydrogens is 483 g/mol. The van der Waals surface area contributed by atoms with Gasteiger partial charge in [-0.05, 0) is 66.8 Å². The van der Waals surface area contributed by atoms with E-state index in [2.05, 4.69) is 5.32 Å². The molecule has 6 nitrogen and oxygen atoms in total. The minimum absolute atomic E-state index is 0.170. The Morgan fingerprint density at radius 2 is 2.03 bits per heavy atom. The summed E-state index contributed by atoms with van der Waals surface area (Å²) >= 11 is 0. The van der Waals surface area contributed by atoms with E-state index in [4.69, 9.17) is 14.5 Å². The zero-order valence-corrected chi connectivity index (χ0v) is 20.6. The number of halogens is 3. The summed E-state index contributed by atoms with van der Waals surface area (Å²) in [4.78, 5) is 17.0. The summed E-state index contributed by atoms with van der Waals surface area (Å²) in [5, 5.41) is 4.12. The monoisotopic (exact) mass is 509 g/mol. The second-order valence-electron chi connectivity index (χ2n) is 9.08. The van der Waals surface area contributed by atoms with Crippen molar-refractivity contribution in [1.29, 1.82) is 0 Å². The van der Waals surface area contributed by atoms with Crippen molar-refractivity contribution in [3.63, 3.8) is 0 Å². The lowest BCUT2D eigenvalue weighted by Gasteiger charge is -2.22. The second-order valence-corrected chi connectivity index (χ2v) is 9.08. The number of hydrogen-bond donors (Lipinski definition) is 1. The van der Waals surface area contributed by atoms with E-state index in [-0.39, 0.29) is 5.56 Å². The first-order valence-electron chi connectivity index (χ1n) is 11.9. The highest BCUT2D eigenvalue weighted by atomic mass is 19.4. The zero-order valence-electron chi connectivity index (χ0n) is 20.6. The van der Waals surface area contributed by atoms with Crippen LogP contribution in [-0.2, 0) is 15.7 Å². The van der Waals surface area contributed by atoms with Gasteiger partial charge in [0.2, 0.25) is 0 Å². The van der Waals surface area contributed by atoms with Crippen LogP contribution in [0, 0.1) is 6.92 Å². The fourth-order valence-corrected chi connectivity index (χ4v) is 4.88.